The molecule has 0 spiro atoms. The molecule has 2 rings (SSSR count). The van der Waals surface area contributed by atoms with Crippen LogP contribution in [0.4, 0.5) is 13.2 Å². The van der Waals surface area contributed by atoms with E-state index in [-0.39, 0.29) is 18.7 Å². The van der Waals surface area contributed by atoms with Crippen molar-refractivity contribution in [3.63, 3.8) is 0 Å². The first-order valence-corrected chi connectivity index (χ1v) is 8.25. The van der Waals surface area contributed by atoms with Gasteiger partial charge in [0, 0.05) is 13.1 Å². The van der Waals surface area contributed by atoms with Crippen LogP contribution in [0.3, 0.4) is 0 Å². The number of rotatable bonds is 6. The number of amides is 2. The second-order valence-corrected chi connectivity index (χ2v) is 5.88. The highest BCUT2D eigenvalue weighted by atomic mass is 19.4. The molecule has 0 aliphatic heterocycles. The molecule has 1 atom stereocenters. The molecular weight excluding hydrogens is 377 g/mol. The van der Waals surface area contributed by atoms with Crippen LogP contribution in [-0.2, 0) is 22.3 Å². The van der Waals surface area contributed by atoms with E-state index < -0.39 is 29.7 Å². The summed E-state index contributed by atoms with van der Waals surface area (Å²) in [5.74, 6) is -1.26. The van der Waals surface area contributed by atoms with Crippen LogP contribution < -0.4 is 15.4 Å². The maximum absolute atomic E-state index is 12.5. The molecule has 1 unspecified atom stereocenters. The molecule has 0 aromatic heterocycles. The number of aliphatic hydroxyl groups excluding tert-OH is 1. The number of carbonyl (C=O) groups is 2. The van der Waals surface area contributed by atoms with Gasteiger partial charge < -0.3 is 20.5 Å². The molecule has 0 saturated heterocycles. The number of ether oxygens (including phenoxy) is 1. The minimum Gasteiger partial charge on any atom is -0.497 e. The lowest BCUT2D eigenvalue weighted by Gasteiger charge is -2.13. The summed E-state index contributed by atoms with van der Waals surface area (Å²) in [6, 6.07) is 10.8. The Bertz CT molecular complexity index is 823. The summed E-state index contributed by atoms with van der Waals surface area (Å²) in [4.78, 5) is 23.6. The van der Waals surface area contributed by atoms with Crippen LogP contribution >= 0.6 is 0 Å². The first-order chi connectivity index (χ1) is 13.2. The van der Waals surface area contributed by atoms with E-state index in [0.717, 1.165) is 29.8 Å². The third kappa shape index (κ3) is 5.98. The molecule has 2 aromatic rings. The smallest absolute Gasteiger partial charge is 0.416 e. The zero-order valence-electron chi connectivity index (χ0n) is 14.9. The number of methoxy groups -OCH3 is 1. The number of alkyl halides is 3. The lowest BCUT2D eigenvalue weighted by molar-refractivity contribution is -0.139. The van der Waals surface area contributed by atoms with Gasteiger partial charge in [-0.05, 0) is 35.4 Å². The Labute approximate surface area is 159 Å². The Balaban J connectivity index is 1.82. The maximum Gasteiger partial charge on any atom is 0.416 e. The zero-order chi connectivity index (χ0) is 20.7. The third-order valence-electron chi connectivity index (χ3n) is 3.87. The van der Waals surface area contributed by atoms with Gasteiger partial charge in [0.1, 0.15) is 5.75 Å². The van der Waals surface area contributed by atoms with E-state index in [1.807, 2.05) is 0 Å². The van der Waals surface area contributed by atoms with Crippen molar-refractivity contribution in [3.05, 3.63) is 65.2 Å². The molecule has 0 bridgehead atoms. The highest BCUT2D eigenvalue weighted by Gasteiger charge is 2.30. The number of nitrogens with one attached hydrogen (secondary N) is 2. The molecule has 150 valence electrons. The average molecular weight is 396 g/mol. The van der Waals surface area contributed by atoms with Crippen molar-refractivity contribution >= 4 is 11.8 Å². The van der Waals surface area contributed by atoms with Crippen LogP contribution in [0.5, 0.6) is 5.75 Å². The molecule has 0 saturated carbocycles. The molecule has 28 heavy (non-hydrogen) atoms. The summed E-state index contributed by atoms with van der Waals surface area (Å²) in [5.41, 5.74) is 0.0692. The summed E-state index contributed by atoms with van der Waals surface area (Å²) in [6.07, 6.45) is -5.73. The van der Waals surface area contributed by atoms with E-state index in [0.29, 0.717) is 5.75 Å². The van der Waals surface area contributed by atoms with Gasteiger partial charge in [0.25, 0.3) is 0 Å². The number of halogens is 3. The summed E-state index contributed by atoms with van der Waals surface area (Å²) in [6.45, 7) is -0.221. The molecule has 0 radical (unpaired) electrons. The fourth-order valence-corrected chi connectivity index (χ4v) is 2.33. The average Bonchev–Trinajstić information content (AvgIpc) is 2.69. The Morgan fingerprint density at radius 1 is 1.07 bits per heavy atom. The van der Waals surface area contributed by atoms with Gasteiger partial charge in [0.15, 0.2) is 0 Å². The normalized spacial score (nSPS) is 12.2. The molecule has 0 fully saturated rings. The number of carbonyl (C=O) groups excluding carboxylic acids is 2. The minimum atomic E-state index is -4.47. The highest BCUT2D eigenvalue weighted by Crippen LogP contribution is 2.29. The van der Waals surface area contributed by atoms with Gasteiger partial charge >= 0.3 is 18.0 Å². The van der Waals surface area contributed by atoms with Crippen molar-refractivity contribution in [3.8, 4) is 5.75 Å². The van der Waals surface area contributed by atoms with Crippen LogP contribution in [0.1, 0.15) is 22.8 Å². The molecule has 3 N–H and O–H groups in total. The van der Waals surface area contributed by atoms with E-state index >= 15 is 0 Å². The number of hydrogen-bond acceptors (Lipinski definition) is 4. The SMILES string of the molecule is COc1cccc(CNC(=O)C(=O)NCC(O)c2ccc(C(F)(F)F)cc2)c1. The lowest BCUT2D eigenvalue weighted by atomic mass is 10.1. The van der Waals surface area contributed by atoms with Gasteiger partial charge in [0.2, 0.25) is 0 Å². The van der Waals surface area contributed by atoms with Crippen LogP contribution in [-0.4, -0.2) is 30.6 Å². The number of benzene rings is 2. The van der Waals surface area contributed by atoms with E-state index in [1.54, 1.807) is 24.3 Å². The summed E-state index contributed by atoms with van der Waals surface area (Å²) in [5, 5.41) is 14.6. The summed E-state index contributed by atoms with van der Waals surface area (Å²) < 4.78 is 42.7. The van der Waals surface area contributed by atoms with E-state index in [4.69, 9.17) is 4.74 Å². The van der Waals surface area contributed by atoms with Crippen LogP contribution in [0.2, 0.25) is 0 Å². The molecule has 0 aliphatic rings. The molecule has 9 heteroatoms. The fourth-order valence-electron chi connectivity index (χ4n) is 2.33. The molecule has 2 amide bonds. The predicted molar refractivity (Wildman–Crippen MR) is 94.3 cm³/mol. The Morgan fingerprint density at radius 3 is 2.32 bits per heavy atom. The fraction of sp³-hybridized carbons (Fsp3) is 0.263. The van der Waals surface area contributed by atoms with Crippen molar-refractivity contribution < 1.29 is 32.6 Å². The van der Waals surface area contributed by atoms with Gasteiger partial charge in [-0.3, -0.25) is 9.59 Å². The van der Waals surface area contributed by atoms with Crippen molar-refractivity contribution in [1.29, 1.82) is 0 Å². The van der Waals surface area contributed by atoms with E-state index in [2.05, 4.69) is 10.6 Å². The monoisotopic (exact) mass is 396 g/mol. The lowest BCUT2D eigenvalue weighted by Crippen LogP contribution is -2.41. The molecule has 0 heterocycles. The molecule has 6 nitrogen and oxygen atoms in total. The maximum atomic E-state index is 12.5. The highest BCUT2D eigenvalue weighted by molar-refractivity contribution is 6.35. The van der Waals surface area contributed by atoms with Gasteiger partial charge in [-0.2, -0.15) is 13.2 Å². The second kappa shape index (κ2) is 9.23. The quantitative estimate of drug-likeness (QED) is 0.654. The number of aliphatic hydroxyl groups is 1. The standard InChI is InChI=1S/C19H19F3N2O4/c1-28-15-4-2-3-12(9-15)10-23-17(26)18(27)24-11-16(25)13-5-7-14(8-6-13)19(20,21)22/h2-9,16,25H,10-11H2,1H3,(H,23,26)(H,24,27). The predicted octanol–water partition coefficient (Wildman–Crippen LogP) is 2.18. The molecule has 2 aromatic carbocycles. The van der Waals surface area contributed by atoms with Gasteiger partial charge in [-0.1, -0.05) is 24.3 Å². The summed E-state index contributed by atoms with van der Waals surface area (Å²) >= 11 is 0. The first-order valence-electron chi connectivity index (χ1n) is 8.25. The molecule has 0 aliphatic carbocycles. The topological polar surface area (TPSA) is 87.7 Å². The minimum absolute atomic E-state index is 0.102. The second-order valence-electron chi connectivity index (χ2n) is 5.88. The van der Waals surface area contributed by atoms with Gasteiger partial charge in [-0.25, -0.2) is 0 Å². The van der Waals surface area contributed by atoms with Crippen molar-refractivity contribution in [1.82, 2.24) is 10.6 Å². The van der Waals surface area contributed by atoms with Crippen molar-refractivity contribution in [2.45, 2.75) is 18.8 Å². The van der Waals surface area contributed by atoms with E-state index in [9.17, 15) is 27.9 Å². The third-order valence-corrected chi connectivity index (χ3v) is 3.87. The zero-order valence-corrected chi connectivity index (χ0v) is 14.9. The van der Waals surface area contributed by atoms with Crippen molar-refractivity contribution in [2.24, 2.45) is 0 Å². The van der Waals surface area contributed by atoms with Crippen molar-refractivity contribution in [2.75, 3.05) is 13.7 Å². The van der Waals surface area contributed by atoms with Gasteiger partial charge in [0.05, 0.1) is 18.8 Å². The number of hydrogen-bond donors (Lipinski definition) is 3. The Hall–Kier alpha value is -3.07. The summed E-state index contributed by atoms with van der Waals surface area (Å²) in [7, 11) is 1.51. The Kier molecular flexibility index (Phi) is 7.00. The largest absolute Gasteiger partial charge is 0.497 e. The Morgan fingerprint density at radius 2 is 1.71 bits per heavy atom. The van der Waals surface area contributed by atoms with Crippen LogP contribution in [0.25, 0.3) is 0 Å². The molecular formula is C19H19F3N2O4. The first kappa shape index (κ1) is 21.2. The van der Waals surface area contributed by atoms with Crippen LogP contribution in [0.15, 0.2) is 48.5 Å². The van der Waals surface area contributed by atoms with E-state index in [1.165, 1.54) is 7.11 Å². The van der Waals surface area contributed by atoms with Gasteiger partial charge in [-0.15, -0.1) is 0 Å². The van der Waals surface area contributed by atoms with Crippen LogP contribution in [0, 0.1) is 0 Å².